The van der Waals surface area contributed by atoms with Gasteiger partial charge in [0.05, 0.1) is 41.0 Å². The van der Waals surface area contributed by atoms with Crippen LogP contribution < -0.4 is 5.32 Å². The van der Waals surface area contributed by atoms with Crippen molar-refractivity contribution in [3.8, 4) is 28.2 Å². The SMILES string of the molecule is Cc1cn(-c2cccc3[nH]c(-c4[nH]nc5ncc(-c6cncc(NC(=O)C7CC7)c6)cc45)cc23)cn1. The zero-order valence-corrected chi connectivity index (χ0v) is 19.5. The van der Waals surface area contributed by atoms with Gasteiger partial charge in [-0.1, -0.05) is 6.07 Å². The van der Waals surface area contributed by atoms with Crippen LogP contribution in [0.2, 0.25) is 0 Å². The lowest BCUT2D eigenvalue weighted by Crippen LogP contribution is -2.13. The van der Waals surface area contributed by atoms with Crippen LogP contribution in [-0.4, -0.2) is 40.6 Å². The van der Waals surface area contributed by atoms with Gasteiger partial charge in [-0.05, 0) is 50.1 Å². The predicted octanol–water partition coefficient (Wildman–Crippen LogP) is 5.01. The smallest absolute Gasteiger partial charge is 0.227 e. The van der Waals surface area contributed by atoms with E-state index in [1.807, 2.05) is 36.1 Å². The third-order valence-corrected chi connectivity index (χ3v) is 6.60. The summed E-state index contributed by atoms with van der Waals surface area (Å²) in [6.07, 6.45) is 11.0. The molecule has 1 saturated carbocycles. The summed E-state index contributed by atoms with van der Waals surface area (Å²) in [7, 11) is 0. The topological polar surface area (TPSA) is 117 Å². The minimum absolute atomic E-state index is 0.0590. The molecular formula is C27H22N8O. The van der Waals surface area contributed by atoms with Crippen LogP contribution in [0.25, 0.3) is 50.1 Å². The standard InChI is InChI=1S/C27H22N8O/c1-15-13-35(14-30-15)24-4-2-3-22-20(24)9-23(32-22)25-21-8-18(11-29-26(21)34-33-25)17-7-19(12-28-10-17)31-27(36)16-5-6-16/h2-4,7-14,16,32H,5-6H2,1H3,(H,31,36)(H,29,33,34). The molecule has 6 aromatic rings. The van der Waals surface area contributed by atoms with E-state index in [1.54, 1.807) is 18.6 Å². The number of anilines is 1. The summed E-state index contributed by atoms with van der Waals surface area (Å²) in [5, 5.41) is 12.5. The number of nitrogens with zero attached hydrogens (tertiary/aromatic N) is 5. The van der Waals surface area contributed by atoms with Gasteiger partial charge in [-0.3, -0.25) is 14.9 Å². The first-order chi connectivity index (χ1) is 17.6. The molecule has 0 spiro atoms. The lowest BCUT2D eigenvalue weighted by atomic mass is 10.1. The van der Waals surface area contributed by atoms with Crippen molar-refractivity contribution in [2.24, 2.45) is 5.92 Å². The van der Waals surface area contributed by atoms with Crippen LogP contribution in [0.4, 0.5) is 5.69 Å². The van der Waals surface area contributed by atoms with Crippen LogP contribution in [0.15, 0.2) is 67.5 Å². The molecule has 9 nitrogen and oxygen atoms in total. The Labute approximate surface area is 205 Å². The molecule has 0 unspecified atom stereocenters. The van der Waals surface area contributed by atoms with E-state index < -0.39 is 0 Å². The molecule has 1 amide bonds. The number of pyridine rings is 2. The van der Waals surface area contributed by atoms with Crippen molar-refractivity contribution >= 4 is 33.5 Å². The van der Waals surface area contributed by atoms with E-state index >= 15 is 0 Å². The van der Waals surface area contributed by atoms with E-state index in [0.29, 0.717) is 11.3 Å². The van der Waals surface area contributed by atoms with Gasteiger partial charge in [0, 0.05) is 51.9 Å². The second-order valence-corrected chi connectivity index (χ2v) is 9.26. The Balaban J connectivity index is 1.28. The molecule has 1 aliphatic carbocycles. The third-order valence-electron chi connectivity index (χ3n) is 6.60. The number of rotatable bonds is 5. The zero-order valence-electron chi connectivity index (χ0n) is 19.5. The van der Waals surface area contributed by atoms with Gasteiger partial charge in [0.25, 0.3) is 0 Å². The van der Waals surface area contributed by atoms with Crippen molar-refractivity contribution < 1.29 is 4.79 Å². The molecule has 36 heavy (non-hydrogen) atoms. The second-order valence-electron chi connectivity index (χ2n) is 9.26. The lowest BCUT2D eigenvalue weighted by Gasteiger charge is -2.07. The number of fused-ring (bicyclic) bond motifs is 2. The average molecular weight is 475 g/mol. The molecule has 5 aromatic heterocycles. The van der Waals surface area contributed by atoms with Gasteiger partial charge in [0.1, 0.15) is 0 Å². The lowest BCUT2D eigenvalue weighted by molar-refractivity contribution is -0.117. The summed E-state index contributed by atoms with van der Waals surface area (Å²) in [6.45, 7) is 1.98. The van der Waals surface area contributed by atoms with Crippen LogP contribution in [0.5, 0.6) is 0 Å². The number of hydrogen-bond donors (Lipinski definition) is 3. The highest BCUT2D eigenvalue weighted by atomic mass is 16.2. The average Bonchev–Trinajstić information content (AvgIpc) is 3.30. The molecule has 5 heterocycles. The number of carbonyl (C=O) groups excluding carboxylic acids is 1. The van der Waals surface area contributed by atoms with Gasteiger partial charge < -0.3 is 14.9 Å². The van der Waals surface area contributed by atoms with Gasteiger partial charge in [-0.25, -0.2) is 9.97 Å². The van der Waals surface area contributed by atoms with E-state index in [0.717, 1.165) is 63.0 Å². The number of aryl methyl sites for hydroxylation is 1. The summed E-state index contributed by atoms with van der Waals surface area (Å²) in [5.41, 5.74) is 7.89. The fourth-order valence-electron chi connectivity index (χ4n) is 4.57. The number of aromatic amines is 2. The fourth-order valence-corrected chi connectivity index (χ4v) is 4.57. The number of hydrogen-bond acceptors (Lipinski definition) is 5. The molecular weight excluding hydrogens is 452 g/mol. The number of aromatic nitrogens is 7. The van der Waals surface area contributed by atoms with Crippen molar-refractivity contribution in [2.75, 3.05) is 5.32 Å². The molecule has 7 rings (SSSR count). The van der Waals surface area contributed by atoms with Crippen molar-refractivity contribution in [1.29, 1.82) is 0 Å². The molecule has 1 fully saturated rings. The van der Waals surface area contributed by atoms with Crippen LogP contribution in [-0.2, 0) is 4.79 Å². The van der Waals surface area contributed by atoms with E-state index in [2.05, 4.69) is 59.7 Å². The van der Waals surface area contributed by atoms with Crippen LogP contribution in [0.3, 0.4) is 0 Å². The van der Waals surface area contributed by atoms with E-state index in [4.69, 9.17) is 0 Å². The Morgan fingerprint density at radius 1 is 1.06 bits per heavy atom. The summed E-state index contributed by atoms with van der Waals surface area (Å²) in [5.74, 6) is 0.193. The molecule has 0 aliphatic heterocycles. The highest BCUT2D eigenvalue weighted by Crippen LogP contribution is 2.34. The maximum atomic E-state index is 12.2. The van der Waals surface area contributed by atoms with Crippen LogP contribution in [0, 0.1) is 12.8 Å². The first-order valence-corrected chi connectivity index (χ1v) is 11.9. The van der Waals surface area contributed by atoms with Crippen molar-refractivity contribution in [3.05, 3.63) is 73.2 Å². The number of amides is 1. The Kier molecular flexibility index (Phi) is 4.50. The first kappa shape index (κ1) is 20.6. The number of carbonyl (C=O) groups is 1. The van der Waals surface area contributed by atoms with Crippen LogP contribution >= 0.6 is 0 Å². The quantitative estimate of drug-likeness (QED) is 0.325. The normalized spacial score (nSPS) is 13.5. The minimum atomic E-state index is 0.0590. The Morgan fingerprint density at radius 3 is 2.78 bits per heavy atom. The molecule has 0 atom stereocenters. The maximum absolute atomic E-state index is 12.2. The zero-order chi connectivity index (χ0) is 24.2. The van der Waals surface area contributed by atoms with Crippen molar-refractivity contribution in [3.63, 3.8) is 0 Å². The summed E-state index contributed by atoms with van der Waals surface area (Å²) in [6, 6.07) is 12.3. The number of H-pyrrole nitrogens is 2. The molecule has 0 saturated heterocycles. The number of nitrogens with one attached hydrogen (secondary N) is 3. The maximum Gasteiger partial charge on any atom is 0.227 e. The second kappa shape index (κ2) is 7.88. The predicted molar refractivity (Wildman–Crippen MR) is 138 cm³/mol. The van der Waals surface area contributed by atoms with Gasteiger partial charge in [-0.15, -0.1) is 0 Å². The summed E-state index contributed by atoms with van der Waals surface area (Å²) < 4.78 is 2.03. The molecule has 3 N–H and O–H groups in total. The highest BCUT2D eigenvalue weighted by molar-refractivity contribution is 5.98. The van der Waals surface area contributed by atoms with Gasteiger partial charge in [0.2, 0.25) is 5.91 Å². The Morgan fingerprint density at radius 2 is 1.94 bits per heavy atom. The van der Waals surface area contributed by atoms with Gasteiger partial charge in [-0.2, -0.15) is 5.10 Å². The Hall–Kier alpha value is -4.79. The molecule has 1 aliphatic rings. The van der Waals surface area contributed by atoms with E-state index in [1.165, 1.54) is 0 Å². The minimum Gasteiger partial charge on any atom is -0.353 e. The summed E-state index contributed by atoms with van der Waals surface area (Å²) in [4.78, 5) is 29.0. The van der Waals surface area contributed by atoms with Gasteiger partial charge >= 0.3 is 0 Å². The number of benzene rings is 1. The molecule has 1 aromatic carbocycles. The van der Waals surface area contributed by atoms with Crippen molar-refractivity contribution in [2.45, 2.75) is 19.8 Å². The molecule has 0 bridgehead atoms. The number of imidazole rings is 1. The van der Waals surface area contributed by atoms with E-state index in [9.17, 15) is 4.79 Å². The largest absolute Gasteiger partial charge is 0.353 e. The summed E-state index contributed by atoms with van der Waals surface area (Å²) >= 11 is 0. The monoisotopic (exact) mass is 474 g/mol. The third kappa shape index (κ3) is 3.52. The van der Waals surface area contributed by atoms with Crippen LogP contribution in [0.1, 0.15) is 18.5 Å². The molecule has 0 radical (unpaired) electrons. The Bertz CT molecular complexity index is 1770. The molecule has 9 heteroatoms. The highest BCUT2D eigenvalue weighted by Gasteiger charge is 2.29. The first-order valence-electron chi connectivity index (χ1n) is 11.9. The van der Waals surface area contributed by atoms with E-state index in [-0.39, 0.29) is 11.8 Å². The molecule has 176 valence electrons. The fraction of sp³-hybridized carbons (Fsp3) is 0.148. The van der Waals surface area contributed by atoms with Gasteiger partial charge in [0.15, 0.2) is 5.65 Å². The van der Waals surface area contributed by atoms with Crippen molar-refractivity contribution in [1.82, 2.24) is 34.7 Å².